The maximum absolute atomic E-state index is 12.0. The largest absolute Gasteiger partial charge is 0.444 e. The Labute approximate surface area is 114 Å². The summed E-state index contributed by atoms with van der Waals surface area (Å²) in [5.74, 6) is 0.448. The highest BCUT2D eigenvalue weighted by molar-refractivity contribution is 5.93. The minimum absolute atomic E-state index is 0.0116. The average Bonchev–Trinajstić information content (AvgIpc) is 3.02. The van der Waals surface area contributed by atoms with Crippen molar-refractivity contribution in [1.29, 1.82) is 0 Å². The van der Waals surface area contributed by atoms with Crippen LogP contribution in [0.25, 0.3) is 0 Å². The van der Waals surface area contributed by atoms with Crippen molar-refractivity contribution in [3.8, 4) is 0 Å². The molecule has 1 saturated carbocycles. The Hall–Kier alpha value is -1.32. The fourth-order valence-electron chi connectivity index (χ4n) is 2.25. The Balaban J connectivity index is 1.92. The van der Waals surface area contributed by atoms with Crippen molar-refractivity contribution >= 4 is 11.9 Å². The van der Waals surface area contributed by atoms with Gasteiger partial charge in [-0.15, -0.1) is 0 Å². The molecule has 1 aliphatic carbocycles. The molecule has 4 heteroatoms. The number of ketones is 1. The lowest BCUT2D eigenvalue weighted by Gasteiger charge is -2.27. The highest BCUT2D eigenvalue weighted by Crippen LogP contribution is 2.30. The molecule has 1 atom stereocenters. The van der Waals surface area contributed by atoms with E-state index in [9.17, 15) is 9.59 Å². The second kappa shape index (κ2) is 5.35. The minimum Gasteiger partial charge on any atom is -0.444 e. The van der Waals surface area contributed by atoms with E-state index in [1.807, 2.05) is 26.8 Å². The van der Waals surface area contributed by atoms with Gasteiger partial charge in [0.15, 0.2) is 5.78 Å². The molecule has 1 heterocycles. The molecule has 0 aromatic carbocycles. The fraction of sp³-hybridized carbons (Fsp3) is 0.733. The molecule has 19 heavy (non-hydrogen) atoms. The van der Waals surface area contributed by atoms with Crippen molar-refractivity contribution in [3.63, 3.8) is 0 Å². The molecule has 0 unspecified atom stereocenters. The van der Waals surface area contributed by atoms with Gasteiger partial charge in [0.25, 0.3) is 0 Å². The van der Waals surface area contributed by atoms with E-state index in [0.717, 1.165) is 25.7 Å². The highest BCUT2D eigenvalue weighted by Gasteiger charge is 2.32. The van der Waals surface area contributed by atoms with E-state index in [1.165, 1.54) is 0 Å². The monoisotopic (exact) mass is 265 g/mol. The Kier molecular flexibility index (Phi) is 3.97. The van der Waals surface area contributed by atoms with Crippen molar-refractivity contribution in [2.24, 2.45) is 5.92 Å². The summed E-state index contributed by atoms with van der Waals surface area (Å²) in [4.78, 5) is 25.4. The number of amides is 1. The standard InChI is InChI=1S/C15H23NO3/c1-15(2,3)19-14(18)16-10-4-5-12(16)8-9-13(17)11-6-7-11/h8-9,11-12H,4-7,10H2,1-3H3/b9-8+/t12-/m0/s1. The average molecular weight is 265 g/mol. The van der Waals surface area contributed by atoms with Gasteiger partial charge in [0, 0.05) is 12.5 Å². The summed E-state index contributed by atoms with van der Waals surface area (Å²) in [6.07, 6.45) is 7.16. The lowest BCUT2D eigenvalue weighted by Crippen LogP contribution is -2.39. The second-order valence-corrected chi connectivity index (χ2v) is 6.42. The van der Waals surface area contributed by atoms with Crippen molar-refractivity contribution in [3.05, 3.63) is 12.2 Å². The number of allylic oxidation sites excluding steroid dienone is 1. The van der Waals surface area contributed by atoms with E-state index in [1.54, 1.807) is 11.0 Å². The number of hydrogen-bond acceptors (Lipinski definition) is 3. The van der Waals surface area contributed by atoms with Crippen LogP contribution in [-0.2, 0) is 9.53 Å². The molecule has 0 spiro atoms. The molecule has 0 bridgehead atoms. The molecule has 0 aromatic rings. The van der Waals surface area contributed by atoms with Gasteiger partial charge in [-0.2, -0.15) is 0 Å². The van der Waals surface area contributed by atoms with Gasteiger partial charge in [-0.25, -0.2) is 4.79 Å². The lowest BCUT2D eigenvalue weighted by molar-refractivity contribution is -0.115. The third kappa shape index (κ3) is 4.08. The molecular formula is C15H23NO3. The molecule has 0 N–H and O–H groups in total. The van der Waals surface area contributed by atoms with E-state index in [4.69, 9.17) is 4.74 Å². The van der Waals surface area contributed by atoms with Crippen LogP contribution in [0.1, 0.15) is 46.5 Å². The molecule has 0 radical (unpaired) electrons. The summed E-state index contributed by atoms with van der Waals surface area (Å²) in [5.41, 5.74) is -0.474. The van der Waals surface area contributed by atoms with Crippen LogP contribution < -0.4 is 0 Å². The van der Waals surface area contributed by atoms with Crippen LogP contribution in [0, 0.1) is 5.92 Å². The van der Waals surface area contributed by atoms with E-state index in [0.29, 0.717) is 6.54 Å². The van der Waals surface area contributed by atoms with Crippen LogP contribution in [0.2, 0.25) is 0 Å². The summed E-state index contributed by atoms with van der Waals surface area (Å²) in [6.45, 7) is 6.30. The van der Waals surface area contributed by atoms with E-state index < -0.39 is 5.60 Å². The van der Waals surface area contributed by atoms with E-state index in [2.05, 4.69) is 0 Å². The number of likely N-dealkylation sites (tertiary alicyclic amines) is 1. The summed E-state index contributed by atoms with van der Waals surface area (Å²) in [6, 6.07) is 0.0116. The first kappa shape index (κ1) is 14.1. The molecule has 2 aliphatic rings. The number of hydrogen-bond donors (Lipinski definition) is 0. The molecule has 0 aromatic heterocycles. The summed E-state index contributed by atoms with van der Waals surface area (Å²) in [5, 5.41) is 0. The van der Waals surface area contributed by atoms with Crippen LogP contribution in [-0.4, -0.2) is 35.0 Å². The van der Waals surface area contributed by atoms with Gasteiger partial charge in [-0.05, 0) is 52.5 Å². The molecule has 1 aliphatic heterocycles. The van der Waals surface area contributed by atoms with Gasteiger partial charge in [-0.3, -0.25) is 4.79 Å². The third-order valence-electron chi connectivity index (χ3n) is 3.39. The number of nitrogens with zero attached hydrogens (tertiary/aromatic N) is 1. The van der Waals surface area contributed by atoms with Gasteiger partial charge in [-0.1, -0.05) is 6.08 Å². The molecule has 2 rings (SSSR count). The smallest absolute Gasteiger partial charge is 0.410 e. The van der Waals surface area contributed by atoms with E-state index >= 15 is 0 Å². The topological polar surface area (TPSA) is 46.6 Å². The molecule has 106 valence electrons. The molecular weight excluding hydrogens is 242 g/mol. The summed E-state index contributed by atoms with van der Waals surface area (Å²) < 4.78 is 5.39. The van der Waals surface area contributed by atoms with Crippen LogP contribution in [0.3, 0.4) is 0 Å². The van der Waals surface area contributed by atoms with Gasteiger partial charge in [0.2, 0.25) is 0 Å². The maximum Gasteiger partial charge on any atom is 0.410 e. The van der Waals surface area contributed by atoms with Crippen LogP contribution >= 0.6 is 0 Å². The van der Waals surface area contributed by atoms with Gasteiger partial charge in [0.05, 0.1) is 6.04 Å². The zero-order valence-electron chi connectivity index (χ0n) is 12.0. The lowest BCUT2D eigenvalue weighted by atomic mass is 10.1. The predicted molar refractivity (Wildman–Crippen MR) is 72.8 cm³/mol. The van der Waals surface area contributed by atoms with Crippen molar-refractivity contribution < 1.29 is 14.3 Å². The first-order chi connectivity index (χ1) is 8.87. The van der Waals surface area contributed by atoms with Gasteiger partial charge >= 0.3 is 6.09 Å². The Morgan fingerprint density at radius 1 is 1.21 bits per heavy atom. The molecule has 1 saturated heterocycles. The Bertz CT molecular complexity index is 391. The zero-order valence-corrected chi connectivity index (χ0v) is 12.0. The first-order valence-corrected chi connectivity index (χ1v) is 7.08. The second-order valence-electron chi connectivity index (χ2n) is 6.42. The number of carbonyl (C=O) groups excluding carboxylic acids is 2. The molecule has 1 amide bonds. The van der Waals surface area contributed by atoms with Crippen LogP contribution in [0.4, 0.5) is 4.79 Å². The minimum atomic E-state index is -0.474. The van der Waals surface area contributed by atoms with Gasteiger partial charge < -0.3 is 9.64 Å². The zero-order chi connectivity index (χ0) is 14.0. The van der Waals surface area contributed by atoms with Crippen molar-refractivity contribution in [2.75, 3.05) is 6.54 Å². The molecule has 4 nitrogen and oxygen atoms in total. The fourth-order valence-corrected chi connectivity index (χ4v) is 2.25. The quantitative estimate of drug-likeness (QED) is 0.737. The molecule has 2 fully saturated rings. The summed E-state index contributed by atoms with van der Waals surface area (Å²) >= 11 is 0. The first-order valence-electron chi connectivity index (χ1n) is 7.08. The van der Waals surface area contributed by atoms with Crippen LogP contribution in [0.15, 0.2) is 12.2 Å². The third-order valence-corrected chi connectivity index (χ3v) is 3.39. The summed E-state index contributed by atoms with van der Waals surface area (Å²) in [7, 11) is 0. The predicted octanol–water partition coefficient (Wildman–Crippen LogP) is 2.92. The maximum atomic E-state index is 12.0. The number of rotatable bonds is 3. The number of ether oxygens (including phenoxy) is 1. The highest BCUT2D eigenvalue weighted by atomic mass is 16.6. The Morgan fingerprint density at radius 2 is 1.89 bits per heavy atom. The Morgan fingerprint density at radius 3 is 2.47 bits per heavy atom. The van der Waals surface area contributed by atoms with Crippen molar-refractivity contribution in [2.45, 2.75) is 58.1 Å². The normalized spacial score (nSPS) is 23.9. The van der Waals surface area contributed by atoms with Gasteiger partial charge in [0.1, 0.15) is 5.60 Å². The number of carbonyl (C=O) groups is 2. The SMILES string of the molecule is CC(C)(C)OC(=O)N1CCC[C@H]1/C=C/C(=O)C1CC1. The van der Waals surface area contributed by atoms with E-state index in [-0.39, 0.29) is 23.8 Å². The van der Waals surface area contributed by atoms with Crippen LogP contribution in [0.5, 0.6) is 0 Å². The van der Waals surface area contributed by atoms with Crippen molar-refractivity contribution in [1.82, 2.24) is 4.90 Å².